The average Bonchev–Trinajstić information content (AvgIpc) is 3.40. The number of sulfonamides is 1. The van der Waals surface area contributed by atoms with Crippen molar-refractivity contribution in [3.8, 4) is 11.3 Å². The molecule has 0 spiro atoms. The lowest BCUT2D eigenvalue weighted by Gasteiger charge is -2.14. The highest BCUT2D eigenvalue weighted by atomic mass is 32.2. The first-order valence-electron chi connectivity index (χ1n) is 8.62. The van der Waals surface area contributed by atoms with E-state index in [4.69, 9.17) is 5.10 Å². The Morgan fingerprint density at radius 3 is 2.67 bits per heavy atom. The molecule has 1 saturated carbocycles. The van der Waals surface area contributed by atoms with Gasteiger partial charge in [0.05, 0.1) is 17.5 Å². The highest BCUT2D eigenvalue weighted by Crippen LogP contribution is 2.31. The quantitative estimate of drug-likeness (QED) is 0.867. The second-order valence-corrected chi connectivity index (χ2v) is 8.62. The Bertz CT molecular complexity index is 826. The van der Waals surface area contributed by atoms with Gasteiger partial charge in [0.1, 0.15) is 0 Å². The molecule has 4 rings (SSSR count). The van der Waals surface area contributed by atoms with E-state index in [9.17, 15) is 8.42 Å². The molecule has 0 atom stereocenters. The molecule has 0 aliphatic heterocycles. The van der Waals surface area contributed by atoms with Crippen LogP contribution in [0.1, 0.15) is 36.9 Å². The van der Waals surface area contributed by atoms with Gasteiger partial charge in [-0.05, 0) is 50.7 Å². The van der Waals surface area contributed by atoms with Crippen molar-refractivity contribution < 1.29 is 8.42 Å². The lowest BCUT2D eigenvalue weighted by atomic mass is 9.94. The Balaban J connectivity index is 1.56. The van der Waals surface area contributed by atoms with Crippen molar-refractivity contribution >= 4 is 10.0 Å². The fourth-order valence-electron chi connectivity index (χ4n) is 3.39. The van der Waals surface area contributed by atoms with Crippen LogP contribution in [-0.2, 0) is 29.4 Å². The lowest BCUT2D eigenvalue weighted by molar-refractivity contribution is 0.538. The Hall–Kier alpha value is -1.73. The van der Waals surface area contributed by atoms with Crippen molar-refractivity contribution in [1.29, 1.82) is 0 Å². The van der Waals surface area contributed by atoms with Crippen LogP contribution in [-0.4, -0.2) is 35.0 Å². The van der Waals surface area contributed by atoms with Crippen LogP contribution in [0, 0.1) is 0 Å². The van der Waals surface area contributed by atoms with E-state index in [1.807, 2.05) is 16.8 Å². The minimum atomic E-state index is -3.12. The summed E-state index contributed by atoms with van der Waals surface area (Å²) < 4.78 is 28.6. The second-order valence-electron chi connectivity index (χ2n) is 6.58. The van der Waals surface area contributed by atoms with Crippen molar-refractivity contribution in [2.45, 2.75) is 50.3 Å². The summed E-state index contributed by atoms with van der Waals surface area (Å²) in [7, 11) is -3.12. The van der Waals surface area contributed by atoms with E-state index in [2.05, 4.69) is 9.71 Å². The number of aromatic nitrogens is 3. The van der Waals surface area contributed by atoms with Gasteiger partial charge in [0.25, 0.3) is 0 Å². The zero-order chi connectivity index (χ0) is 16.6. The molecule has 0 amide bonds. The van der Waals surface area contributed by atoms with Gasteiger partial charge in [-0.15, -0.1) is 0 Å². The fourth-order valence-corrected chi connectivity index (χ4v) is 4.76. The van der Waals surface area contributed by atoms with Gasteiger partial charge in [-0.2, -0.15) is 5.10 Å². The molecule has 0 saturated heterocycles. The molecular formula is C17H22N4O2S. The molecule has 0 radical (unpaired) electrons. The van der Waals surface area contributed by atoms with Crippen LogP contribution in [0.3, 0.4) is 0 Å². The molecule has 2 aliphatic rings. The van der Waals surface area contributed by atoms with E-state index < -0.39 is 10.0 Å². The second kappa shape index (κ2) is 6.29. The normalized spacial score (nSPS) is 17.7. The SMILES string of the molecule is O=S(=O)(NCCn1nc(-c2ccncc2)c2c1CCCC2)C1CC1. The van der Waals surface area contributed by atoms with Crippen LogP contribution in [0.2, 0.25) is 0 Å². The van der Waals surface area contributed by atoms with Crippen LogP contribution in [0.25, 0.3) is 11.3 Å². The lowest BCUT2D eigenvalue weighted by Crippen LogP contribution is -2.31. The molecule has 6 nitrogen and oxygen atoms in total. The topological polar surface area (TPSA) is 76.9 Å². The summed E-state index contributed by atoms with van der Waals surface area (Å²) in [6.07, 6.45) is 9.56. The monoisotopic (exact) mass is 346 g/mol. The van der Waals surface area contributed by atoms with Crippen molar-refractivity contribution in [1.82, 2.24) is 19.5 Å². The maximum absolute atomic E-state index is 12.0. The number of hydrogen-bond donors (Lipinski definition) is 1. The molecule has 2 aliphatic carbocycles. The van der Waals surface area contributed by atoms with Crippen LogP contribution < -0.4 is 4.72 Å². The van der Waals surface area contributed by atoms with E-state index in [0.29, 0.717) is 13.1 Å². The summed E-state index contributed by atoms with van der Waals surface area (Å²) in [5, 5.41) is 4.63. The Labute approximate surface area is 142 Å². The molecule has 128 valence electrons. The summed E-state index contributed by atoms with van der Waals surface area (Å²) >= 11 is 0. The predicted octanol–water partition coefficient (Wildman–Crippen LogP) is 1.91. The highest BCUT2D eigenvalue weighted by molar-refractivity contribution is 7.90. The van der Waals surface area contributed by atoms with Crippen LogP contribution in [0.15, 0.2) is 24.5 Å². The molecule has 0 unspecified atom stereocenters. The van der Waals surface area contributed by atoms with E-state index in [1.54, 1.807) is 12.4 Å². The summed E-state index contributed by atoms with van der Waals surface area (Å²) in [5.74, 6) is 0. The van der Waals surface area contributed by atoms with Gasteiger partial charge in [-0.3, -0.25) is 9.67 Å². The summed E-state index contributed by atoms with van der Waals surface area (Å²) in [6.45, 7) is 0.988. The summed E-state index contributed by atoms with van der Waals surface area (Å²) in [6, 6.07) is 3.97. The molecular weight excluding hydrogens is 324 g/mol. The molecule has 2 aromatic rings. The van der Waals surface area contributed by atoms with Crippen LogP contribution in [0.4, 0.5) is 0 Å². The molecule has 0 aromatic carbocycles. The van der Waals surface area contributed by atoms with Gasteiger partial charge in [0.2, 0.25) is 10.0 Å². The Morgan fingerprint density at radius 2 is 1.92 bits per heavy atom. The van der Waals surface area contributed by atoms with Gasteiger partial charge >= 0.3 is 0 Å². The zero-order valence-electron chi connectivity index (χ0n) is 13.6. The number of fused-ring (bicyclic) bond motifs is 1. The van der Waals surface area contributed by atoms with E-state index in [0.717, 1.165) is 36.9 Å². The molecule has 2 aromatic heterocycles. The van der Waals surface area contributed by atoms with Gasteiger partial charge in [0, 0.05) is 35.8 Å². The van der Waals surface area contributed by atoms with Gasteiger partial charge in [0.15, 0.2) is 0 Å². The molecule has 2 heterocycles. The maximum atomic E-state index is 12.0. The maximum Gasteiger partial charge on any atom is 0.214 e. The average molecular weight is 346 g/mol. The number of nitrogens with zero attached hydrogens (tertiary/aromatic N) is 3. The number of pyridine rings is 1. The van der Waals surface area contributed by atoms with Crippen LogP contribution in [0.5, 0.6) is 0 Å². The first kappa shape index (κ1) is 15.8. The highest BCUT2D eigenvalue weighted by Gasteiger charge is 2.35. The number of hydrogen-bond acceptors (Lipinski definition) is 4. The first-order chi connectivity index (χ1) is 11.6. The van der Waals surface area contributed by atoms with E-state index in [1.165, 1.54) is 24.1 Å². The van der Waals surface area contributed by atoms with E-state index >= 15 is 0 Å². The zero-order valence-corrected chi connectivity index (χ0v) is 14.4. The molecule has 1 N–H and O–H groups in total. The number of rotatable bonds is 6. The standard InChI is InChI=1S/C17H22N4O2S/c22-24(23,14-5-6-14)19-11-12-21-16-4-2-1-3-15(16)17(20-21)13-7-9-18-10-8-13/h7-10,14,19H,1-6,11-12H2. The smallest absolute Gasteiger partial charge is 0.214 e. The van der Waals surface area contributed by atoms with Crippen LogP contribution >= 0.6 is 0 Å². The fraction of sp³-hybridized carbons (Fsp3) is 0.529. The van der Waals surface area contributed by atoms with Gasteiger partial charge < -0.3 is 0 Å². The summed E-state index contributed by atoms with van der Waals surface area (Å²) in [4.78, 5) is 4.08. The minimum Gasteiger partial charge on any atom is -0.267 e. The molecule has 24 heavy (non-hydrogen) atoms. The molecule has 1 fully saturated rings. The van der Waals surface area contributed by atoms with Gasteiger partial charge in [-0.1, -0.05) is 0 Å². The largest absolute Gasteiger partial charge is 0.267 e. The van der Waals surface area contributed by atoms with Gasteiger partial charge in [-0.25, -0.2) is 13.1 Å². The third kappa shape index (κ3) is 3.10. The van der Waals surface area contributed by atoms with Crippen molar-refractivity contribution in [3.05, 3.63) is 35.8 Å². The van der Waals surface area contributed by atoms with Crippen molar-refractivity contribution in [3.63, 3.8) is 0 Å². The summed E-state index contributed by atoms with van der Waals surface area (Å²) in [5.41, 5.74) is 4.69. The number of nitrogens with one attached hydrogen (secondary N) is 1. The third-order valence-electron chi connectivity index (χ3n) is 4.80. The van der Waals surface area contributed by atoms with Crippen molar-refractivity contribution in [2.24, 2.45) is 0 Å². The van der Waals surface area contributed by atoms with E-state index in [-0.39, 0.29) is 5.25 Å². The molecule has 7 heteroatoms. The minimum absolute atomic E-state index is 0.170. The predicted molar refractivity (Wildman–Crippen MR) is 92.0 cm³/mol. The first-order valence-corrected chi connectivity index (χ1v) is 10.2. The molecule has 0 bridgehead atoms. The Kier molecular flexibility index (Phi) is 4.14. The Morgan fingerprint density at radius 1 is 1.17 bits per heavy atom. The third-order valence-corrected chi connectivity index (χ3v) is 6.76. The van der Waals surface area contributed by atoms with Crippen molar-refractivity contribution in [2.75, 3.05) is 6.54 Å².